The summed E-state index contributed by atoms with van der Waals surface area (Å²) in [6.45, 7) is 0.611. The molecule has 5 atom stereocenters. The van der Waals surface area contributed by atoms with Crippen LogP contribution in [0.1, 0.15) is 19.1 Å². The largest absolute Gasteiger partial charge is 0.490 e. The second kappa shape index (κ2) is 11.2. The maximum atomic E-state index is 12.1. The number of carboxylic acid groups (broad SMARTS) is 1. The lowest BCUT2D eigenvalue weighted by Gasteiger charge is -2.18. The van der Waals surface area contributed by atoms with Gasteiger partial charge in [0.05, 0.1) is 21.1 Å². The summed E-state index contributed by atoms with van der Waals surface area (Å²) in [4.78, 5) is 25.3. The van der Waals surface area contributed by atoms with E-state index in [2.05, 4.69) is 26.2 Å². The van der Waals surface area contributed by atoms with Gasteiger partial charge in [-0.05, 0) is 47.4 Å². The number of aliphatic carboxylic acids is 1. The van der Waals surface area contributed by atoms with E-state index in [0.717, 1.165) is 19.4 Å². The number of aliphatic hydroxyl groups is 2. The van der Waals surface area contributed by atoms with Crippen LogP contribution in [0.2, 0.25) is 10.0 Å². The molecule has 0 unspecified atom stereocenters. The quantitative estimate of drug-likeness (QED) is 0.385. The third kappa shape index (κ3) is 6.37. The summed E-state index contributed by atoms with van der Waals surface area (Å²) in [6.07, 6.45) is -7.76. The Kier molecular flexibility index (Phi) is 8.89. The molecule has 0 radical (unpaired) electrons. The third-order valence-electron chi connectivity index (χ3n) is 5.26. The number of carbonyl (C=O) groups is 2. The van der Waals surface area contributed by atoms with Crippen LogP contribution in [0, 0.1) is 0 Å². The summed E-state index contributed by atoms with van der Waals surface area (Å²) in [5, 5.41) is 31.8. The van der Waals surface area contributed by atoms with Crippen LogP contribution < -0.4 is 5.32 Å². The van der Waals surface area contributed by atoms with Crippen LogP contribution in [0.5, 0.6) is 0 Å². The van der Waals surface area contributed by atoms with Crippen molar-refractivity contribution in [1.29, 1.82) is 0 Å². The molecule has 16 heteroatoms. The smallest absolute Gasteiger partial charge is 0.475 e. The molecular weight excluding hydrogens is 590 g/mol. The molecule has 35 heavy (non-hydrogen) atoms. The Bertz CT molecular complexity index is 1100. The minimum atomic E-state index is -5.08. The number of hydrogen-bond acceptors (Lipinski definition) is 8. The van der Waals surface area contributed by atoms with Crippen molar-refractivity contribution in [3.8, 4) is 0 Å². The number of alkyl halides is 3. The van der Waals surface area contributed by atoms with Gasteiger partial charge in [0.15, 0.2) is 11.0 Å². The molecule has 0 amide bonds. The van der Waals surface area contributed by atoms with E-state index in [0.29, 0.717) is 25.8 Å². The highest BCUT2D eigenvalue weighted by molar-refractivity contribution is 9.10. The monoisotopic (exact) mass is 607 g/mol. The van der Waals surface area contributed by atoms with E-state index in [1.165, 1.54) is 0 Å². The topological polar surface area (TPSA) is 143 Å². The van der Waals surface area contributed by atoms with Crippen molar-refractivity contribution in [2.45, 2.75) is 49.6 Å². The number of ether oxygens (including phenoxy) is 2. The third-order valence-corrected chi connectivity index (χ3v) is 6.54. The van der Waals surface area contributed by atoms with Crippen LogP contribution in [-0.2, 0) is 19.1 Å². The molecule has 0 aliphatic carbocycles. The Hall–Kier alpha value is -1.68. The number of nitrogens with zero attached hydrogens (tertiary/aromatic N) is 2. The number of imidazole rings is 1. The first-order valence-electron chi connectivity index (χ1n) is 10.1. The van der Waals surface area contributed by atoms with Crippen LogP contribution >= 0.6 is 39.1 Å². The molecule has 3 heterocycles. The van der Waals surface area contributed by atoms with Crippen molar-refractivity contribution in [3.05, 3.63) is 26.9 Å². The molecule has 2 fully saturated rings. The second-order valence-corrected chi connectivity index (χ2v) is 9.16. The molecule has 4 N–H and O–H groups in total. The normalized spacial score (nSPS) is 26.5. The highest BCUT2D eigenvalue weighted by Gasteiger charge is 2.45. The predicted octanol–water partition coefficient (Wildman–Crippen LogP) is 2.65. The molecule has 2 aliphatic rings. The lowest BCUT2D eigenvalue weighted by Crippen LogP contribution is -2.37. The molecule has 0 saturated carbocycles. The fourth-order valence-corrected chi connectivity index (χ4v) is 4.43. The lowest BCUT2D eigenvalue weighted by atomic mass is 10.1. The van der Waals surface area contributed by atoms with Crippen molar-refractivity contribution in [1.82, 2.24) is 14.9 Å². The number of benzene rings is 1. The van der Waals surface area contributed by atoms with Gasteiger partial charge in [0.2, 0.25) is 0 Å². The standard InChI is InChI=1S/C17H18BrCl2N3O5.C2HF3O2/c18-17-22-10-4-7(19)8(20)5-11(10)23(17)15-14(25)13(24)12(28-15)6-27-16(26)9-2-1-3-21-9;3-2(4,5)1(6)7/h4-5,9,12-15,21,24-25H,1-3,6H2;(H,6,7)/t9-,12+,13+,14+,15+;/m0./s1. The second-order valence-electron chi connectivity index (χ2n) is 7.63. The SMILES string of the molecule is O=C(O)C(F)(F)F.O=C(OC[C@H]1O[C@@H](n2c(Br)nc3cc(Cl)c(Cl)cc32)[C@H](O)[C@@H]1O)[C@@H]1CCCN1. The molecule has 2 aromatic rings. The minimum absolute atomic E-state index is 0.164. The van der Waals surface area contributed by atoms with E-state index in [-0.39, 0.29) is 18.6 Å². The predicted molar refractivity (Wildman–Crippen MR) is 119 cm³/mol. The van der Waals surface area contributed by atoms with E-state index in [4.69, 9.17) is 42.6 Å². The lowest BCUT2D eigenvalue weighted by molar-refractivity contribution is -0.192. The highest BCUT2D eigenvalue weighted by atomic mass is 79.9. The Morgan fingerprint density at radius 3 is 2.46 bits per heavy atom. The number of halogens is 6. The van der Waals surface area contributed by atoms with Crippen LogP contribution in [0.25, 0.3) is 11.0 Å². The zero-order valence-corrected chi connectivity index (χ0v) is 20.6. The first-order valence-corrected chi connectivity index (χ1v) is 11.6. The van der Waals surface area contributed by atoms with Crippen LogP contribution in [0.3, 0.4) is 0 Å². The first-order chi connectivity index (χ1) is 16.3. The summed E-state index contributed by atoms with van der Waals surface area (Å²) >= 11 is 15.5. The number of fused-ring (bicyclic) bond motifs is 1. The number of aromatic nitrogens is 2. The molecule has 1 aromatic carbocycles. The van der Waals surface area contributed by atoms with Gasteiger partial charge in [-0.1, -0.05) is 23.2 Å². The van der Waals surface area contributed by atoms with Crippen molar-refractivity contribution < 1.29 is 47.6 Å². The van der Waals surface area contributed by atoms with Crippen molar-refractivity contribution in [2.24, 2.45) is 0 Å². The molecule has 2 saturated heterocycles. The molecule has 1 aromatic heterocycles. The Labute approximate surface area is 214 Å². The van der Waals surface area contributed by atoms with Gasteiger partial charge in [0.25, 0.3) is 0 Å². The van der Waals surface area contributed by atoms with E-state index >= 15 is 0 Å². The van der Waals surface area contributed by atoms with Gasteiger partial charge in [-0.2, -0.15) is 13.2 Å². The summed E-state index contributed by atoms with van der Waals surface area (Å²) in [5.74, 6) is -3.14. The van der Waals surface area contributed by atoms with Gasteiger partial charge in [-0.25, -0.2) is 9.78 Å². The molecule has 0 spiro atoms. The molecule has 10 nitrogen and oxygen atoms in total. The maximum absolute atomic E-state index is 12.1. The molecular formula is C19H19BrCl2F3N3O7. The zero-order valence-electron chi connectivity index (χ0n) is 17.5. The zero-order chi connectivity index (χ0) is 26.1. The fraction of sp³-hybridized carbons (Fsp3) is 0.526. The van der Waals surface area contributed by atoms with Gasteiger partial charge < -0.3 is 30.1 Å². The molecule has 4 rings (SSSR count). The van der Waals surface area contributed by atoms with E-state index < -0.39 is 36.7 Å². The number of carboxylic acids is 1. The molecule has 2 aliphatic heterocycles. The van der Waals surface area contributed by atoms with Gasteiger partial charge in [-0.3, -0.25) is 9.36 Å². The Balaban J connectivity index is 0.000000429. The van der Waals surface area contributed by atoms with Crippen LogP contribution in [0.15, 0.2) is 16.9 Å². The van der Waals surface area contributed by atoms with Crippen molar-refractivity contribution in [2.75, 3.05) is 13.2 Å². The van der Waals surface area contributed by atoms with Gasteiger partial charge >= 0.3 is 18.1 Å². The van der Waals surface area contributed by atoms with E-state index in [1.807, 2.05) is 0 Å². The van der Waals surface area contributed by atoms with Gasteiger partial charge in [0, 0.05) is 0 Å². The molecule has 0 bridgehead atoms. The van der Waals surface area contributed by atoms with E-state index in [1.54, 1.807) is 16.7 Å². The summed E-state index contributed by atoms with van der Waals surface area (Å²) in [6, 6.07) is 2.88. The Morgan fingerprint density at radius 1 is 1.26 bits per heavy atom. The van der Waals surface area contributed by atoms with Crippen molar-refractivity contribution in [3.63, 3.8) is 0 Å². The number of carbonyl (C=O) groups excluding carboxylic acids is 1. The molecule has 194 valence electrons. The summed E-state index contributed by atoms with van der Waals surface area (Å²) in [5.41, 5.74) is 1.12. The highest BCUT2D eigenvalue weighted by Crippen LogP contribution is 2.37. The average Bonchev–Trinajstić information content (AvgIpc) is 3.47. The number of rotatable bonds is 4. The van der Waals surface area contributed by atoms with Crippen LogP contribution in [-0.4, -0.2) is 80.5 Å². The van der Waals surface area contributed by atoms with Gasteiger partial charge in [-0.15, -0.1) is 0 Å². The maximum Gasteiger partial charge on any atom is 0.490 e. The van der Waals surface area contributed by atoms with Crippen LogP contribution in [0.4, 0.5) is 13.2 Å². The number of hydrogen-bond donors (Lipinski definition) is 4. The Morgan fingerprint density at radius 2 is 1.89 bits per heavy atom. The number of aliphatic hydroxyl groups excluding tert-OH is 2. The van der Waals surface area contributed by atoms with Gasteiger partial charge in [0.1, 0.15) is 31.0 Å². The number of nitrogens with one attached hydrogen (secondary N) is 1. The summed E-state index contributed by atoms with van der Waals surface area (Å²) < 4.78 is 44.8. The minimum Gasteiger partial charge on any atom is -0.475 e. The number of esters is 1. The summed E-state index contributed by atoms with van der Waals surface area (Å²) in [7, 11) is 0. The van der Waals surface area contributed by atoms with Crippen molar-refractivity contribution >= 4 is 62.1 Å². The fourth-order valence-electron chi connectivity index (χ4n) is 3.53. The first kappa shape index (κ1) is 27.9. The van der Waals surface area contributed by atoms with E-state index in [9.17, 15) is 28.2 Å². The average molecular weight is 609 g/mol.